The van der Waals surface area contributed by atoms with Gasteiger partial charge in [0.1, 0.15) is 17.4 Å². The molecule has 3 heterocycles. The van der Waals surface area contributed by atoms with Crippen LogP contribution in [0.1, 0.15) is 4.88 Å². The van der Waals surface area contributed by atoms with Crippen LogP contribution < -0.4 is 4.74 Å². The minimum absolute atomic E-state index is 0.0291. The molecule has 0 saturated carbocycles. The standard InChI is InChI=1S/C17H13FN2O2S2/c18-13-4-1-5-14-16(13)19-17(24-14)22-11-9-20(10-11)15(21)7-6-12-3-2-8-23-12/h1-8,11H,9-10H2/b7-6+. The third-order valence-electron chi connectivity index (χ3n) is 3.71. The fourth-order valence-corrected chi connectivity index (χ4v) is 3.94. The summed E-state index contributed by atoms with van der Waals surface area (Å²) in [5, 5.41) is 2.42. The SMILES string of the molecule is O=C(/C=C/c1cccs1)N1CC(Oc2nc3c(F)cccc3s2)C1. The highest BCUT2D eigenvalue weighted by atomic mass is 32.1. The van der Waals surface area contributed by atoms with E-state index in [0.29, 0.717) is 23.8 Å². The van der Waals surface area contributed by atoms with Crippen LogP contribution in [0.2, 0.25) is 0 Å². The summed E-state index contributed by atoms with van der Waals surface area (Å²) >= 11 is 2.91. The number of amides is 1. The molecule has 4 nitrogen and oxygen atoms in total. The molecular formula is C17H13FN2O2S2. The van der Waals surface area contributed by atoms with Gasteiger partial charge in [-0.15, -0.1) is 11.3 Å². The lowest BCUT2D eigenvalue weighted by atomic mass is 10.1. The largest absolute Gasteiger partial charge is 0.463 e. The third kappa shape index (κ3) is 3.05. The molecule has 1 aliphatic rings. The number of aromatic nitrogens is 1. The van der Waals surface area contributed by atoms with E-state index in [1.54, 1.807) is 28.4 Å². The molecule has 0 N–H and O–H groups in total. The monoisotopic (exact) mass is 360 g/mol. The molecule has 0 spiro atoms. The van der Waals surface area contributed by atoms with Gasteiger partial charge in [-0.3, -0.25) is 4.79 Å². The van der Waals surface area contributed by atoms with E-state index in [1.165, 1.54) is 17.4 Å². The molecule has 1 saturated heterocycles. The van der Waals surface area contributed by atoms with Gasteiger partial charge in [-0.1, -0.05) is 23.5 Å². The molecule has 1 aromatic carbocycles. The molecule has 122 valence electrons. The van der Waals surface area contributed by atoms with Crippen molar-refractivity contribution in [2.45, 2.75) is 6.10 Å². The number of carbonyl (C=O) groups excluding carboxylic acids is 1. The molecule has 1 fully saturated rings. The van der Waals surface area contributed by atoms with Crippen LogP contribution in [0.4, 0.5) is 4.39 Å². The Labute approximate surface area is 145 Å². The second-order valence-electron chi connectivity index (χ2n) is 5.40. The second-order valence-corrected chi connectivity index (χ2v) is 7.37. The Morgan fingerprint density at radius 1 is 1.33 bits per heavy atom. The molecule has 2 aromatic heterocycles. The summed E-state index contributed by atoms with van der Waals surface area (Å²) in [6.45, 7) is 1.04. The molecule has 0 unspecified atom stereocenters. The lowest BCUT2D eigenvalue weighted by Crippen LogP contribution is -2.55. The smallest absolute Gasteiger partial charge is 0.274 e. The molecular weight excluding hydrogens is 347 g/mol. The number of ether oxygens (including phenoxy) is 1. The number of carbonyl (C=O) groups is 1. The maximum atomic E-state index is 13.6. The van der Waals surface area contributed by atoms with Gasteiger partial charge in [-0.05, 0) is 29.7 Å². The topological polar surface area (TPSA) is 42.4 Å². The molecule has 7 heteroatoms. The Kier molecular flexibility index (Phi) is 4.03. The fourth-order valence-electron chi connectivity index (χ4n) is 2.43. The number of thiazole rings is 1. The van der Waals surface area contributed by atoms with Crippen LogP contribution in [0.3, 0.4) is 0 Å². The predicted molar refractivity (Wildman–Crippen MR) is 93.9 cm³/mol. The normalized spacial score (nSPS) is 15.1. The van der Waals surface area contributed by atoms with Crippen molar-refractivity contribution in [1.29, 1.82) is 0 Å². The molecule has 4 rings (SSSR count). The lowest BCUT2D eigenvalue weighted by Gasteiger charge is -2.37. The van der Waals surface area contributed by atoms with Crippen molar-refractivity contribution >= 4 is 44.9 Å². The van der Waals surface area contributed by atoms with E-state index in [2.05, 4.69) is 4.98 Å². The van der Waals surface area contributed by atoms with Gasteiger partial charge >= 0.3 is 0 Å². The number of nitrogens with zero attached hydrogens (tertiary/aromatic N) is 2. The predicted octanol–water partition coefficient (Wildman–Crippen LogP) is 3.80. The summed E-state index contributed by atoms with van der Waals surface area (Å²) < 4.78 is 20.1. The molecule has 3 aromatic rings. The van der Waals surface area contributed by atoms with Gasteiger partial charge in [0, 0.05) is 11.0 Å². The van der Waals surface area contributed by atoms with E-state index >= 15 is 0 Å². The minimum atomic E-state index is -0.345. The Morgan fingerprint density at radius 2 is 2.21 bits per heavy atom. The molecule has 24 heavy (non-hydrogen) atoms. The number of hydrogen-bond donors (Lipinski definition) is 0. The number of thiophene rings is 1. The van der Waals surface area contributed by atoms with Crippen LogP contribution >= 0.6 is 22.7 Å². The third-order valence-corrected chi connectivity index (χ3v) is 5.46. The number of para-hydroxylation sites is 1. The number of likely N-dealkylation sites (tertiary alicyclic amines) is 1. The molecule has 0 atom stereocenters. The quantitative estimate of drug-likeness (QED) is 0.665. The van der Waals surface area contributed by atoms with Crippen LogP contribution in [0.15, 0.2) is 41.8 Å². The fraction of sp³-hybridized carbons (Fsp3) is 0.176. The number of fused-ring (bicyclic) bond motifs is 1. The highest BCUT2D eigenvalue weighted by Crippen LogP contribution is 2.30. The number of benzene rings is 1. The maximum Gasteiger partial charge on any atom is 0.274 e. The molecule has 0 radical (unpaired) electrons. The first-order valence-corrected chi connectivity index (χ1v) is 9.11. The first-order valence-electron chi connectivity index (χ1n) is 7.41. The first-order chi connectivity index (χ1) is 11.7. The zero-order valence-electron chi connectivity index (χ0n) is 12.5. The zero-order valence-corrected chi connectivity index (χ0v) is 14.1. The lowest BCUT2D eigenvalue weighted by molar-refractivity contribution is -0.134. The minimum Gasteiger partial charge on any atom is -0.463 e. The van der Waals surface area contributed by atoms with E-state index in [-0.39, 0.29) is 17.8 Å². The van der Waals surface area contributed by atoms with Gasteiger partial charge in [0.15, 0.2) is 0 Å². The van der Waals surface area contributed by atoms with Gasteiger partial charge in [0.05, 0.1) is 17.8 Å². The molecule has 0 aliphatic carbocycles. The summed E-state index contributed by atoms with van der Waals surface area (Å²) in [7, 11) is 0. The molecule has 1 aliphatic heterocycles. The van der Waals surface area contributed by atoms with Crippen molar-refractivity contribution in [2.24, 2.45) is 0 Å². The summed E-state index contributed by atoms with van der Waals surface area (Å²) in [6, 6.07) is 8.76. The Bertz CT molecular complexity index is 899. The van der Waals surface area contributed by atoms with Crippen molar-refractivity contribution < 1.29 is 13.9 Å². The van der Waals surface area contributed by atoms with Gasteiger partial charge in [0.2, 0.25) is 5.91 Å². The van der Waals surface area contributed by atoms with Crippen LogP contribution in [0.5, 0.6) is 5.19 Å². The van der Waals surface area contributed by atoms with Crippen molar-refractivity contribution in [1.82, 2.24) is 9.88 Å². The highest BCUT2D eigenvalue weighted by molar-refractivity contribution is 7.20. The average Bonchev–Trinajstić information content (AvgIpc) is 3.18. The summed E-state index contributed by atoms with van der Waals surface area (Å²) in [5.41, 5.74) is 0.337. The van der Waals surface area contributed by atoms with E-state index in [0.717, 1.165) is 9.58 Å². The summed E-state index contributed by atoms with van der Waals surface area (Å²) in [5.74, 6) is -0.374. The summed E-state index contributed by atoms with van der Waals surface area (Å²) in [4.78, 5) is 19.0. The van der Waals surface area contributed by atoms with Crippen LogP contribution in [-0.4, -0.2) is 35.0 Å². The van der Waals surface area contributed by atoms with Gasteiger partial charge < -0.3 is 9.64 Å². The number of halogens is 1. The van der Waals surface area contributed by atoms with Crippen LogP contribution in [0, 0.1) is 5.82 Å². The van der Waals surface area contributed by atoms with Crippen LogP contribution in [0.25, 0.3) is 16.3 Å². The Hall–Kier alpha value is -2.25. The molecule has 1 amide bonds. The number of rotatable bonds is 4. The first kappa shape index (κ1) is 15.3. The van der Waals surface area contributed by atoms with Crippen molar-refractivity contribution in [2.75, 3.05) is 13.1 Å². The maximum absolute atomic E-state index is 13.6. The van der Waals surface area contributed by atoms with E-state index in [4.69, 9.17) is 4.74 Å². The van der Waals surface area contributed by atoms with E-state index in [9.17, 15) is 9.18 Å². The van der Waals surface area contributed by atoms with Gasteiger partial charge in [-0.25, -0.2) is 4.39 Å². The number of hydrogen-bond acceptors (Lipinski definition) is 5. The van der Waals surface area contributed by atoms with Gasteiger partial charge in [0.25, 0.3) is 5.19 Å². The second kappa shape index (κ2) is 6.33. The van der Waals surface area contributed by atoms with Crippen molar-refractivity contribution in [3.05, 3.63) is 52.5 Å². The highest BCUT2D eigenvalue weighted by Gasteiger charge is 2.32. The van der Waals surface area contributed by atoms with E-state index in [1.807, 2.05) is 29.7 Å². The summed E-state index contributed by atoms with van der Waals surface area (Å²) in [6.07, 6.45) is 3.31. The van der Waals surface area contributed by atoms with Gasteiger partial charge in [-0.2, -0.15) is 4.98 Å². The van der Waals surface area contributed by atoms with Crippen LogP contribution in [-0.2, 0) is 4.79 Å². The average molecular weight is 360 g/mol. The zero-order chi connectivity index (χ0) is 16.5. The van der Waals surface area contributed by atoms with Crippen molar-refractivity contribution in [3.8, 4) is 5.19 Å². The molecule has 0 bridgehead atoms. The van der Waals surface area contributed by atoms with E-state index < -0.39 is 0 Å². The Morgan fingerprint density at radius 3 is 2.96 bits per heavy atom. The Balaban J connectivity index is 1.34. The van der Waals surface area contributed by atoms with Crippen molar-refractivity contribution in [3.63, 3.8) is 0 Å².